The Kier molecular flexibility index (Phi) is 4.97. The second kappa shape index (κ2) is 7.96. The highest BCUT2D eigenvalue weighted by Gasteiger charge is 2.26. The summed E-state index contributed by atoms with van der Waals surface area (Å²) in [5.74, 6) is -0.0918. The van der Waals surface area contributed by atoms with Gasteiger partial charge in [0.15, 0.2) is 0 Å². The molecule has 0 bridgehead atoms. The fourth-order valence-electron chi connectivity index (χ4n) is 4.33. The molecule has 1 aliphatic heterocycles. The summed E-state index contributed by atoms with van der Waals surface area (Å²) in [6.07, 6.45) is 4.77. The van der Waals surface area contributed by atoms with Crippen molar-refractivity contribution in [3.05, 3.63) is 71.7 Å². The summed E-state index contributed by atoms with van der Waals surface area (Å²) < 4.78 is 3.81. The Morgan fingerprint density at radius 1 is 1.12 bits per heavy atom. The molecule has 2 aromatic heterocycles. The number of hydrogen-bond acceptors (Lipinski definition) is 5. The number of rotatable bonds is 4. The predicted octanol–water partition coefficient (Wildman–Crippen LogP) is 3.57. The smallest absolute Gasteiger partial charge is 0.251 e. The van der Waals surface area contributed by atoms with Crippen LogP contribution in [0.15, 0.2) is 54.9 Å². The number of aromatic nitrogens is 5. The SMILES string of the molecule is CNC(=O)c1ccc(NC2CCn3nnc(C)c3-c3ccc(-c4cnn(C)c4)cc32)cc1. The molecule has 2 aromatic carbocycles. The van der Waals surface area contributed by atoms with Crippen LogP contribution in [0, 0.1) is 6.92 Å². The fraction of sp³-hybridized carbons (Fsp3) is 0.250. The van der Waals surface area contributed by atoms with Crippen LogP contribution >= 0.6 is 0 Å². The third-order valence-corrected chi connectivity index (χ3v) is 5.97. The number of hydrogen-bond donors (Lipinski definition) is 2. The second-order valence-corrected chi connectivity index (χ2v) is 8.09. The van der Waals surface area contributed by atoms with Crippen LogP contribution in [0.1, 0.15) is 34.1 Å². The van der Waals surface area contributed by atoms with Crippen molar-refractivity contribution in [2.24, 2.45) is 7.05 Å². The minimum atomic E-state index is -0.0918. The molecular formula is C24H25N7O. The van der Waals surface area contributed by atoms with Crippen LogP contribution in [-0.2, 0) is 13.6 Å². The molecule has 8 nitrogen and oxygen atoms in total. The minimum Gasteiger partial charge on any atom is -0.378 e. The van der Waals surface area contributed by atoms with Gasteiger partial charge in [-0.25, -0.2) is 4.68 Å². The number of amides is 1. The maximum Gasteiger partial charge on any atom is 0.251 e. The first-order valence-electron chi connectivity index (χ1n) is 10.7. The Hall–Kier alpha value is -3.94. The second-order valence-electron chi connectivity index (χ2n) is 8.09. The number of nitrogens with zero attached hydrogens (tertiary/aromatic N) is 5. The van der Waals surface area contributed by atoms with Gasteiger partial charge in [-0.3, -0.25) is 9.48 Å². The Balaban J connectivity index is 1.55. The number of anilines is 1. The zero-order valence-electron chi connectivity index (χ0n) is 18.3. The lowest BCUT2D eigenvalue weighted by molar-refractivity contribution is 0.0963. The van der Waals surface area contributed by atoms with Gasteiger partial charge in [0.05, 0.1) is 23.6 Å². The first kappa shape index (κ1) is 20.0. The van der Waals surface area contributed by atoms with E-state index in [2.05, 4.69) is 44.2 Å². The zero-order valence-corrected chi connectivity index (χ0v) is 18.3. The van der Waals surface area contributed by atoms with Crippen molar-refractivity contribution in [1.82, 2.24) is 30.1 Å². The summed E-state index contributed by atoms with van der Waals surface area (Å²) in [6.45, 7) is 2.77. The van der Waals surface area contributed by atoms with E-state index < -0.39 is 0 Å². The molecule has 162 valence electrons. The van der Waals surface area contributed by atoms with E-state index >= 15 is 0 Å². The van der Waals surface area contributed by atoms with Gasteiger partial charge < -0.3 is 10.6 Å². The lowest BCUT2D eigenvalue weighted by Gasteiger charge is -2.21. The van der Waals surface area contributed by atoms with Crippen LogP contribution in [0.4, 0.5) is 5.69 Å². The highest BCUT2D eigenvalue weighted by atomic mass is 16.1. The highest BCUT2D eigenvalue weighted by Crippen LogP contribution is 2.39. The van der Waals surface area contributed by atoms with E-state index in [9.17, 15) is 4.79 Å². The van der Waals surface area contributed by atoms with Gasteiger partial charge in [-0.05, 0) is 54.8 Å². The molecule has 3 heterocycles. The topological polar surface area (TPSA) is 89.7 Å². The molecule has 1 aliphatic rings. The van der Waals surface area contributed by atoms with Gasteiger partial charge in [0.1, 0.15) is 0 Å². The summed E-state index contributed by atoms with van der Waals surface area (Å²) in [7, 11) is 3.56. The lowest BCUT2D eigenvalue weighted by Crippen LogP contribution is -2.17. The van der Waals surface area contributed by atoms with Crippen molar-refractivity contribution in [2.75, 3.05) is 12.4 Å². The Labute approximate surface area is 186 Å². The summed E-state index contributed by atoms with van der Waals surface area (Å²) in [5.41, 5.74) is 8.14. The molecule has 1 atom stereocenters. The van der Waals surface area contributed by atoms with E-state index in [1.54, 1.807) is 7.05 Å². The van der Waals surface area contributed by atoms with Crippen LogP contribution in [0.5, 0.6) is 0 Å². The van der Waals surface area contributed by atoms with Crippen molar-refractivity contribution < 1.29 is 4.79 Å². The highest BCUT2D eigenvalue weighted by molar-refractivity contribution is 5.94. The Morgan fingerprint density at radius 3 is 2.66 bits per heavy atom. The monoisotopic (exact) mass is 427 g/mol. The van der Waals surface area contributed by atoms with E-state index in [4.69, 9.17) is 0 Å². The van der Waals surface area contributed by atoms with Crippen LogP contribution in [0.2, 0.25) is 0 Å². The maximum atomic E-state index is 11.9. The minimum absolute atomic E-state index is 0.0774. The van der Waals surface area contributed by atoms with Crippen LogP contribution < -0.4 is 10.6 Å². The standard InChI is InChI=1S/C24H25N7O/c1-15-23-20-9-6-17(18-13-26-30(3)14-18)12-21(20)22(10-11-31(23)29-28-15)27-19-7-4-16(5-8-19)24(32)25-2/h4-9,12-14,22,27H,10-11H2,1-3H3,(H,25,32). The van der Waals surface area contributed by atoms with Crippen molar-refractivity contribution in [1.29, 1.82) is 0 Å². The molecule has 5 rings (SSSR count). The third-order valence-electron chi connectivity index (χ3n) is 5.97. The van der Waals surface area contributed by atoms with E-state index in [0.29, 0.717) is 5.56 Å². The zero-order chi connectivity index (χ0) is 22.2. The average Bonchev–Trinajstić information content (AvgIpc) is 3.37. The molecule has 32 heavy (non-hydrogen) atoms. The van der Waals surface area contributed by atoms with Crippen molar-refractivity contribution in [2.45, 2.75) is 25.9 Å². The quantitative estimate of drug-likeness (QED) is 0.520. The number of carbonyl (C=O) groups excluding carboxylic acids is 1. The van der Waals surface area contributed by atoms with Crippen LogP contribution in [-0.4, -0.2) is 37.7 Å². The molecule has 4 aromatic rings. The van der Waals surface area contributed by atoms with Crippen LogP contribution in [0.25, 0.3) is 22.4 Å². The van der Waals surface area contributed by atoms with E-state index in [1.165, 1.54) is 5.56 Å². The summed E-state index contributed by atoms with van der Waals surface area (Å²) >= 11 is 0. The molecule has 1 amide bonds. The molecule has 0 saturated heterocycles. The Morgan fingerprint density at radius 2 is 1.94 bits per heavy atom. The van der Waals surface area contributed by atoms with Gasteiger partial charge in [-0.1, -0.05) is 17.3 Å². The van der Waals surface area contributed by atoms with E-state index in [-0.39, 0.29) is 11.9 Å². The number of fused-ring (bicyclic) bond motifs is 3. The molecule has 0 aliphatic carbocycles. The van der Waals surface area contributed by atoms with Gasteiger partial charge in [-0.2, -0.15) is 5.10 Å². The largest absolute Gasteiger partial charge is 0.378 e. The van der Waals surface area contributed by atoms with Gasteiger partial charge in [0.2, 0.25) is 0 Å². The first-order valence-corrected chi connectivity index (χ1v) is 10.7. The lowest BCUT2D eigenvalue weighted by atomic mass is 9.93. The van der Waals surface area contributed by atoms with Gasteiger partial charge >= 0.3 is 0 Å². The normalized spacial score (nSPS) is 14.9. The molecule has 2 N–H and O–H groups in total. The summed E-state index contributed by atoms with van der Waals surface area (Å²) in [4.78, 5) is 11.9. The van der Waals surface area contributed by atoms with Gasteiger partial charge in [0, 0.05) is 49.2 Å². The number of nitrogens with one attached hydrogen (secondary N) is 2. The predicted molar refractivity (Wildman–Crippen MR) is 123 cm³/mol. The maximum absolute atomic E-state index is 11.9. The summed E-state index contributed by atoms with van der Waals surface area (Å²) in [6, 6.07) is 14.2. The number of carbonyl (C=O) groups is 1. The fourth-order valence-corrected chi connectivity index (χ4v) is 4.33. The van der Waals surface area contributed by atoms with E-state index in [1.807, 2.05) is 60.0 Å². The van der Waals surface area contributed by atoms with Gasteiger partial charge in [0.25, 0.3) is 5.91 Å². The average molecular weight is 428 g/mol. The molecular weight excluding hydrogens is 402 g/mol. The molecule has 0 radical (unpaired) electrons. The van der Waals surface area contributed by atoms with Crippen molar-refractivity contribution in [3.63, 3.8) is 0 Å². The van der Waals surface area contributed by atoms with E-state index in [0.717, 1.165) is 46.7 Å². The van der Waals surface area contributed by atoms with Crippen molar-refractivity contribution in [3.8, 4) is 22.4 Å². The number of aryl methyl sites for hydroxylation is 3. The third kappa shape index (κ3) is 3.53. The Bertz CT molecular complexity index is 1290. The molecule has 0 saturated carbocycles. The van der Waals surface area contributed by atoms with Crippen molar-refractivity contribution >= 4 is 11.6 Å². The molecule has 0 spiro atoms. The summed E-state index contributed by atoms with van der Waals surface area (Å²) in [5, 5.41) is 19.3. The van der Waals surface area contributed by atoms with Gasteiger partial charge in [-0.15, -0.1) is 5.10 Å². The molecule has 8 heteroatoms. The molecule has 0 fully saturated rings. The van der Waals surface area contributed by atoms with Crippen LogP contribution in [0.3, 0.4) is 0 Å². The first-order chi connectivity index (χ1) is 15.5. The number of benzene rings is 2. The molecule has 1 unspecified atom stereocenters.